The van der Waals surface area contributed by atoms with E-state index in [9.17, 15) is 18.0 Å². The van der Waals surface area contributed by atoms with Gasteiger partial charge in [0.15, 0.2) is 0 Å². The second-order valence-electron chi connectivity index (χ2n) is 10.6. The summed E-state index contributed by atoms with van der Waals surface area (Å²) < 4.78 is 34.8. The number of amides is 2. The maximum Gasteiger partial charge on any atom is 0.264 e. The van der Waals surface area contributed by atoms with Crippen LogP contribution in [0.5, 0.6) is 5.75 Å². The number of carbonyl (C=O) groups excluding carboxylic acids is 2. The Morgan fingerprint density at radius 3 is 2.26 bits per heavy atom. The average Bonchev–Trinajstić information content (AvgIpc) is 3.50. The molecular weight excluding hydrogens is 609 g/mol. The SMILES string of the molecule is CC[C@@H](C(=O)NC1CCCC1)N(Cc1c(Cl)cccc1Cl)C(=O)CN(c1cc(C)ccc1OC)S(=O)(=O)c1ccccc1. The van der Waals surface area contributed by atoms with Crippen molar-refractivity contribution in [1.29, 1.82) is 0 Å². The molecule has 1 aliphatic rings. The van der Waals surface area contributed by atoms with Crippen LogP contribution in [0.4, 0.5) is 5.69 Å². The second-order valence-corrected chi connectivity index (χ2v) is 13.3. The van der Waals surface area contributed by atoms with Crippen LogP contribution in [0.25, 0.3) is 0 Å². The number of sulfonamides is 1. The lowest BCUT2D eigenvalue weighted by atomic mass is 10.1. The predicted octanol–water partition coefficient (Wildman–Crippen LogP) is 6.37. The van der Waals surface area contributed by atoms with Gasteiger partial charge in [0.1, 0.15) is 18.3 Å². The molecule has 0 spiro atoms. The minimum Gasteiger partial charge on any atom is -0.495 e. The van der Waals surface area contributed by atoms with Crippen molar-refractivity contribution in [2.45, 2.75) is 69.5 Å². The lowest BCUT2D eigenvalue weighted by molar-refractivity contribution is -0.140. The zero-order chi connectivity index (χ0) is 31.1. The van der Waals surface area contributed by atoms with Crippen molar-refractivity contribution in [1.82, 2.24) is 10.2 Å². The van der Waals surface area contributed by atoms with Crippen LogP contribution in [0.15, 0.2) is 71.6 Å². The number of rotatable bonds is 12. The molecule has 0 aliphatic heterocycles. The molecule has 1 saturated carbocycles. The summed E-state index contributed by atoms with van der Waals surface area (Å²) in [5.74, 6) is -0.603. The van der Waals surface area contributed by atoms with E-state index < -0.39 is 28.5 Å². The van der Waals surface area contributed by atoms with E-state index in [2.05, 4.69) is 5.32 Å². The Morgan fingerprint density at radius 1 is 1.00 bits per heavy atom. The Labute approximate surface area is 264 Å². The third-order valence-corrected chi connectivity index (χ3v) is 10.2. The highest BCUT2D eigenvalue weighted by atomic mass is 35.5. The van der Waals surface area contributed by atoms with Crippen LogP contribution in [0.3, 0.4) is 0 Å². The van der Waals surface area contributed by atoms with Gasteiger partial charge in [-0.3, -0.25) is 13.9 Å². The second kappa shape index (κ2) is 14.5. The van der Waals surface area contributed by atoms with Gasteiger partial charge >= 0.3 is 0 Å². The Kier molecular flexibility index (Phi) is 11.0. The largest absolute Gasteiger partial charge is 0.495 e. The molecule has 3 aromatic rings. The maximum atomic E-state index is 14.4. The number of halogens is 2. The number of nitrogens with one attached hydrogen (secondary N) is 1. The van der Waals surface area contributed by atoms with Crippen molar-refractivity contribution in [2.75, 3.05) is 18.0 Å². The molecule has 11 heteroatoms. The average molecular weight is 647 g/mol. The van der Waals surface area contributed by atoms with Crippen LogP contribution in [-0.4, -0.2) is 50.9 Å². The number of hydrogen-bond donors (Lipinski definition) is 1. The summed E-state index contributed by atoms with van der Waals surface area (Å²) in [6.07, 6.45) is 4.12. The van der Waals surface area contributed by atoms with Gasteiger partial charge in [-0.1, -0.05) is 73.3 Å². The van der Waals surface area contributed by atoms with Gasteiger partial charge in [0.05, 0.1) is 17.7 Å². The van der Waals surface area contributed by atoms with Gasteiger partial charge in [0.25, 0.3) is 10.0 Å². The van der Waals surface area contributed by atoms with Crippen molar-refractivity contribution in [3.63, 3.8) is 0 Å². The standard InChI is InChI=1S/C32H37Cl2N3O5S/c1-4-28(32(39)35-23-11-8-9-12-23)36(20-25-26(33)15-10-16-27(25)34)31(38)21-37(29-19-22(2)17-18-30(29)42-3)43(40,41)24-13-6-5-7-14-24/h5-7,10,13-19,23,28H,4,8-9,11-12,20-21H2,1-3H3,(H,35,39)/t28-/m0/s1. The minimum absolute atomic E-state index is 0.0121. The fourth-order valence-corrected chi connectivity index (χ4v) is 7.32. The van der Waals surface area contributed by atoms with Crippen molar-refractivity contribution >= 4 is 50.7 Å². The summed E-state index contributed by atoms with van der Waals surface area (Å²) in [4.78, 5) is 29.4. The molecule has 2 amide bonds. The van der Waals surface area contributed by atoms with Crippen molar-refractivity contribution < 1.29 is 22.7 Å². The van der Waals surface area contributed by atoms with E-state index >= 15 is 0 Å². The summed E-state index contributed by atoms with van der Waals surface area (Å²) >= 11 is 13.0. The molecule has 0 bridgehead atoms. The van der Waals surface area contributed by atoms with Crippen LogP contribution in [0, 0.1) is 6.92 Å². The summed E-state index contributed by atoms with van der Waals surface area (Å²) in [7, 11) is -2.80. The fourth-order valence-electron chi connectivity index (χ4n) is 5.37. The minimum atomic E-state index is -4.24. The van der Waals surface area contributed by atoms with Crippen LogP contribution >= 0.6 is 23.2 Å². The third kappa shape index (κ3) is 7.63. The molecule has 1 atom stereocenters. The molecule has 0 heterocycles. The maximum absolute atomic E-state index is 14.4. The molecule has 43 heavy (non-hydrogen) atoms. The highest BCUT2D eigenvalue weighted by Gasteiger charge is 2.36. The van der Waals surface area contributed by atoms with Gasteiger partial charge in [-0.25, -0.2) is 8.42 Å². The first-order chi connectivity index (χ1) is 20.6. The third-order valence-electron chi connectivity index (χ3n) is 7.69. The zero-order valence-corrected chi connectivity index (χ0v) is 26.9. The normalized spacial score (nSPS) is 14.3. The molecule has 0 saturated heterocycles. The first kappa shape index (κ1) is 32.6. The monoisotopic (exact) mass is 645 g/mol. The number of aryl methyl sites for hydroxylation is 1. The van der Waals surface area contributed by atoms with E-state index in [1.165, 1.54) is 24.1 Å². The lowest BCUT2D eigenvalue weighted by Crippen LogP contribution is -2.53. The van der Waals surface area contributed by atoms with Crippen LogP contribution in [0.2, 0.25) is 10.0 Å². The van der Waals surface area contributed by atoms with E-state index in [-0.39, 0.29) is 34.8 Å². The highest BCUT2D eigenvalue weighted by Crippen LogP contribution is 2.34. The highest BCUT2D eigenvalue weighted by molar-refractivity contribution is 7.92. The molecule has 8 nitrogen and oxygen atoms in total. The lowest BCUT2D eigenvalue weighted by Gasteiger charge is -2.34. The van der Waals surface area contributed by atoms with Gasteiger partial charge in [-0.2, -0.15) is 0 Å². The van der Waals surface area contributed by atoms with Crippen LogP contribution < -0.4 is 14.4 Å². The molecule has 4 rings (SSSR count). The van der Waals surface area contributed by atoms with Gasteiger partial charge in [-0.15, -0.1) is 0 Å². The number of nitrogens with zero attached hydrogens (tertiary/aromatic N) is 2. The van der Waals surface area contributed by atoms with E-state index in [4.69, 9.17) is 27.9 Å². The van der Waals surface area contributed by atoms with E-state index in [1.807, 2.05) is 13.8 Å². The topological polar surface area (TPSA) is 96.0 Å². The van der Waals surface area contributed by atoms with Crippen molar-refractivity contribution in [3.8, 4) is 5.75 Å². The Hall–Kier alpha value is -3.27. The molecule has 230 valence electrons. The first-order valence-electron chi connectivity index (χ1n) is 14.3. The van der Waals surface area contributed by atoms with E-state index in [0.717, 1.165) is 35.6 Å². The first-order valence-corrected chi connectivity index (χ1v) is 16.5. The molecular formula is C32H37Cl2N3O5S. The number of carbonyl (C=O) groups is 2. The molecule has 3 aromatic carbocycles. The fraction of sp³-hybridized carbons (Fsp3) is 0.375. The summed E-state index contributed by atoms with van der Waals surface area (Å²) in [5.41, 5.74) is 1.45. The molecule has 1 N–H and O–H groups in total. The Balaban J connectivity index is 1.79. The van der Waals surface area contributed by atoms with Crippen molar-refractivity contribution in [3.05, 3.63) is 87.9 Å². The summed E-state index contributed by atoms with van der Waals surface area (Å²) in [6.45, 7) is 2.96. The van der Waals surface area contributed by atoms with Gasteiger partial charge in [-0.05, 0) is 68.1 Å². The number of ether oxygens (including phenoxy) is 1. The van der Waals surface area contributed by atoms with Crippen LogP contribution in [0.1, 0.15) is 50.2 Å². The number of methoxy groups -OCH3 is 1. The van der Waals surface area contributed by atoms with Gasteiger partial charge in [0.2, 0.25) is 11.8 Å². The zero-order valence-electron chi connectivity index (χ0n) is 24.6. The Morgan fingerprint density at radius 2 is 1.65 bits per heavy atom. The number of benzene rings is 3. The van der Waals surface area contributed by atoms with Crippen molar-refractivity contribution in [2.24, 2.45) is 0 Å². The van der Waals surface area contributed by atoms with Gasteiger partial charge in [0, 0.05) is 28.2 Å². The van der Waals surface area contributed by atoms with E-state index in [0.29, 0.717) is 22.0 Å². The summed E-state index contributed by atoms with van der Waals surface area (Å²) in [5, 5.41) is 3.77. The summed E-state index contributed by atoms with van der Waals surface area (Å²) in [6, 6.07) is 17.2. The molecule has 0 radical (unpaired) electrons. The quantitative estimate of drug-likeness (QED) is 0.247. The molecule has 1 aliphatic carbocycles. The Bertz CT molecular complexity index is 1530. The van der Waals surface area contributed by atoms with Crippen LogP contribution in [-0.2, 0) is 26.2 Å². The number of anilines is 1. The molecule has 1 fully saturated rings. The van der Waals surface area contributed by atoms with E-state index in [1.54, 1.807) is 54.6 Å². The van der Waals surface area contributed by atoms with Gasteiger partial charge < -0.3 is 15.0 Å². The molecule has 0 aromatic heterocycles. The molecule has 0 unspecified atom stereocenters. The predicted molar refractivity (Wildman–Crippen MR) is 170 cm³/mol. The smallest absolute Gasteiger partial charge is 0.264 e. The number of hydrogen-bond acceptors (Lipinski definition) is 5.